The Morgan fingerprint density at radius 2 is 2.08 bits per heavy atom. The molecule has 7 heteroatoms. The summed E-state index contributed by atoms with van der Waals surface area (Å²) in [5, 5.41) is 2.37. The Morgan fingerprint density at radius 3 is 2.76 bits per heavy atom. The third-order valence-corrected chi connectivity index (χ3v) is 3.36. The Hall–Kier alpha value is -3.09. The lowest BCUT2D eigenvalue weighted by atomic mass is 10.2. The number of anilines is 1. The van der Waals surface area contributed by atoms with Gasteiger partial charge in [-0.3, -0.25) is 5.32 Å². The molecular weight excluding hydrogens is 327 g/mol. The third kappa shape index (κ3) is 4.26. The smallest absolute Gasteiger partial charge is 0.412 e. The van der Waals surface area contributed by atoms with E-state index in [1.807, 2.05) is 30.3 Å². The van der Waals surface area contributed by atoms with E-state index in [0.717, 1.165) is 11.8 Å². The highest BCUT2D eigenvalue weighted by Gasteiger charge is 2.29. The van der Waals surface area contributed by atoms with Crippen LogP contribution in [0.1, 0.15) is 25.1 Å². The van der Waals surface area contributed by atoms with Gasteiger partial charge in [0.15, 0.2) is 11.6 Å². The quantitative estimate of drug-likeness (QED) is 0.906. The summed E-state index contributed by atoms with van der Waals surface area (Å²) in [6, 6.07) is 10.5. The van der Waals surface area contributed by atoms with Gasteiger partial charge in [0.25, 0.3) is 0 Å². The van der Waals surface area contributed by atoms with Crippen molar-refractivity contribution in [1.82, 2.24) is 4.98 Å². The summed E-state index contributed by atoms with van der Waals surface area (Å²) >= 11 is 0. The van der Waals surface area contributed by atoms with Gasteiger partial charge in [-0.2, -0.15) is 0 Å². The molecule has 0 bridgehead atoms. The van der Waals surface area contributed by atoms with Crippen LogP contribution < -0.4 is 5.32 Å². The first-order chi connectivity index (χ1) is 11.9. The summed E-state index contributed by atoms with van der Waals surface area (Å²) in [6.07, 6.45) is 1.63. The van der Waals surface area contributed by atoms with E-state index in [9.17, 15) is 9.18 Å². The SMILES string of the molecule is CC1(C)OC=C(c2cc(NC(=O)OCc3ccccc3)c(F)cn2)O1. The molecule has 0 atom stereocenters. The van der Waals surface area contributed by atoms with Gasteiger partial charge in [-0.1, -0.05) is 30.3 Å². The molecule has 0 spiro atoms. The fourth-order valence-electron chi connectivity index (χ4n) is 2.16. The average molecular weight is 344 g/mol. The molecule has 6 nitrogen and oxygen atoms in total. The number of pyridine rings is 1. The molecule has 0 saturated carbocycles. The van der Waals surface area contributed by atoms with Gasteiger partial charge in [0.05, 0.1) is 11.9 Å². The Balaban J connectivity index is 1.66. The van der Waals surface area contributed by atoms with E-state index in [1.54, 1.807) is 13.8 Å². The second kappa shape index (κ2) is 6.80. The van der Waals surface area contributed by atoms with Gasteiger partial charge in [0.1, 0.15) is 18.6 Å². The van der Waals surface area contributed by atoms with Crippen molar-refractivity contribution in [1.29, 1.82) is 0 Å². The molecule has 1 aromatic heterocycles. The maximum Gasteiger partial charge on any atom is 0.412 e. The number of rotatable bonds is 4. The van der Waals surface area contributed by atoms with Crippen molar-refractivity contribution in [2.75, 3.05) is 5.32 Å². The molecule has 2 aromatic rings. The summed E-state index contributed by atoms with van der Waals surface area (Å²) in [5.74, 6) is -1.14. The highest BCUT2D eigenvalue weighted by molar-refractivity contribution is 5.85. The highest BCUT2D eigenvalue weighted by atomic mass is 19.1. The van der Waals surface area contributed by atoms with Crippen LogP contribution in [0.15, 0.2) is 48.9 Å². The highest BCUT2D eigenvalue weighted by Crippen LogP contribution is 2.31. The summed E-state index contributed by atoms with van der Waals surface area (Å²) in [7, 11) is 0. The molecule has 0 radical (unpaired) electrons. The Labute approximate surface area is 144 Å². The molecule has 1 amide bonds. The maximum atomic E-state index is 13.9. The minimum absolute atomic E-state index is 0.0581. The van der Waals surface area contributed by atoms with Gasteiger partial charge < -0.3 is 14.2 Å². The van der Waals surface area contributed by atoms with Crippen molar-refractivity contribution in [2.45, 2.75) is 26.2 Å². The first-order valence-corrected chi connectivity index (χ1v) is 7.63. The van der Waals surface area contributed by atoms with Crippen molar-refractivity contribution in [2.24, 2.45) is 0 Å². The molecule has 0 aliphatic carbocycles. The number of nitrogens with zero attached hydrogens (tertiary/aromatic N) is 1. The van der Waals surface area contributed by atoms with Gasteiger partial charge >= 0.3 is 6.09 Å². The van der Waals surface area contributed by atoms with Crippen LogP contribution in [0.5, 0.6) is 0 Å². The number of benzene rings is 1. The van der Waals surface area contributed by atoms with Crippen LogP contribution in [0, 0.1) is 5.82 Å². The summed E-state index contributed by atoms with van der Waals surface area (Å²) in [5.41, 5.74) is 1.11. The Kier molecular flexibility index (Phi) is 4.56. The number of aromatic nitrogens is 1. The molecule has 1 aliphatic rings. The van der Waals surface area contributed by atoms with E-state index >= 15 is 0 Å². The molecule has 1 aromatic carbocycles. The minimum Gasteiger partial charge on any atom is -0.457 e. The van der Waals surface area contributed by atoms with Crippen molar-refractivity contribution < 1.29 is 23.4 Å². The van der Waals surface area contributed by atoms with Gasteiger partial charge in [0, 0.05) is 13.8 Å². The lowest BCUT2D eigenvalue weighted by Gasteiger charge is -2.18. The van der Waals surface area contributed by atoms with Gasteiger partial charge in [-0.05, 0) is 11.6 Å². The largest absolute Gasteiger partial charge is 0.457 e. The molecule has 25 heavy (non-hydrogen) atoms. The monoisotopic (exact) mass is 344 g/mol. The number of amides is 1. The number of halogens is 1. The molecule has 130 valence electrons. The first-order valence-electron chi connectivity index (χ1n) is 7.63. The van der Waals surface area contributed by atoms with Crippen molar-refractivity contribution in [3.8, 4) is 0 Å². The van der Waals surface area contributed by atoms with Crippen molar-refractivity contribution in [3.05, 3.63) is 65.9 Å². The normalized spacial score (nSPS) is 14.9. The number of hydrogen-bond acceptors (Lipinski definition) is 5. The zero-order chi connectivity index (χ0) is 17.9. The van der Waals surface area contributed by atoms with Crippen molar-refractivity contribution >= 4 is 17.5 Å². The second-order valence-corrected chi connectivity index (χ2v) is 5.84. The fourth-order valence-corrected chi connectivity index (χ4v) is 2.16. The van der Waals surface area contributed by atoms with Crippen LogP contribution in [-0.2, 0) is 20.8 Å². The minimum atomic E-state index is -0.812. The molecule has 1 aliphatic heterocycles. The predicted octanol–water partition coefficient (Wildman–Crippen LogP) is 4.05. The molecule has 1 N–H and O–H groups in total. The lowest BCUT2D eigenvalue weighted by molar-refractivity contribution is -0.102. The Bertz CT molecular complexity index is 806. The zero-order valence-electron chi connectivity index (χ0n) is 13.8. The number of ether oxygens (including phenoxy) is 3. The average Bonchev–Trinajstić information content (AvgIpc) is 2.96. The van der Waals surface area contributed by atoms with Crippen LogP contribution in [0.25, 0.3) is 5.76 Å². The van der Waals surface area contributed by atoms with Gasteiger partial charge in [0.2, 0.25) is 5.79 Å². The molecular formula is C18H17FN2O4. The number of carbonyl (C=O) groups is 1. The number of nitrogens with one attached hydrogen (secondary N) is 1. The van der Waals surface area contributed by atoms with E-state index < -0.39 is 17.7 Å². The lowest BCUT2D eigenvalue weighted by Crippen LogP contribution is -2.20. The predicted molar refractivity (Wildman–Crippen MR) is 88.7 cm³/mol. The van der Waals surface area contributed by atoms with Crippen LogP contribution in [0.4, 0.5) is 14.9 Å². The number of carbonyl (C=O) groups excluding carboxylic acids is 1. The van der Waals surface area contributed by atoms with E-state index in [-0.39, 0.29) is 12.3 Å². The van der Waals surface area contributed by atoms with E-state index in [2.05, 4.69) is 10.3 Å². The molecule has 0 fully saturated rings. The molecule has 3 rings (SSSR count). The molecule has 0 saturated heterocycles. The number of hydrogen-bond donors (Lipinski definition) is 1. The summed E-state index contributed by atoms with van der Waals surface area (Å²) in [6.45, 7) is 3.56. The van der Waals surface area contributed by atoms with Gasteiger partial charge in [-0.25, -0.2) is 14.2 Å². The van der Waals surface area contributed by atoms with Crippen LogP contribution in [0.2, 0.25) is 0 Å². The van der Waals surface area contributed by atoms with Crippen LogP contribution >= 0.6 is 0 Å². The van der Waals surface area contributed by atoms with Crippen LogP contribution in [0.3, 0.4) is 0 Å². The molecule has 2 heterocycles. The van der Waals surface area contributed by atoms with E-state index in [1.165, 1.54) is 12.3 Å². The van der Waals surface area contributed by atoms with E-state index in [4.69, 9.17) is 14.2 Å². The van der Waals surface area contributed by atoms with Crippen molar-refractivity contribution in [3.63, 3.8) is 0 Å². The van der Waals surface area contributed by atoms with E-state index in [0.29, 0.717) is 11.5 Å². The maximum absolute atomic E-state index is 13.9. The van der Waals surface area contributed by atoms with Gasteiger partial charge in [-0.15, -0.1) is 0 Å². The molecule has 0 unspecified atom stereocenters. The summed E-state index contributed by atoms with van der Waals surface area (Å²) in [4.78, 5) is 15.8. The first kappa shape index (κ1) is 16.8. The summed E-state index contributed by atoms with van der Waals surface area (Å²) < 4.78 is 29.9. The zero-order valence-corrected chi connectivity index (χ0v) is 13.8. The van der Waals surface area contributed by atoms with Crippen LogP contribution in [-0.4, -0.2) is 16.9 Å². The second-order valence-electron chi connectivity index (χ2n) is 5.84. The Morgan fingerprint density at radius 1 is 1.32 bits per heavy atom. The standard InChI is InChI=1S/C18H17FN2O4/c1-18(2)24-11-16(25-18)15-8-14(13(19)9-20-15)21-17(22)23-10-12-6-4-3-5-7-12/h3-9,11H,10H2,1-2H3,(H,20,21,22). The fraction of sp³-hybridized carbons (Fsp3) is 0.222. The third-order valence-electron chi connectivity index (χ3n) is 3.36. The topological polar surface area (TPSA) is 69.7 Å².